The Bertz CT molecular complexity index is 168. The topological polar surface area (TPSA) is 29.3 Å². The van der Waals surface area contributed by atoms with Crippen molar-refractivity contribution in [3.05, 3.63) is 0 Å². The summed E-state index contributed by atoms with van der Waals surface area (Å²) in [5.74, 6) is 1.52. The first-order chi connectivity index (χ1) is 7.13. The van der Waals surface area contributed by atoms with Gasteiger partial charge < -0.3 is 10.6 Å². The minimum Gasteiger partial charge on any atom is -0.327 e. The van der Waals surface area contributed by atoms with E-state index in [1.807, 2.05) is 0 Å². The van der Waals surface area contributed by atoms with Gasteiger partial charge >= 0.3 is 0 Å². The Kier molecular flexibility index (Phi) is 5.62. The highest BCUT2D eigenvalue weighted by molar-refractivity contribution is 4.80. The van der Waals surface area contributed by atoms with Crippen LogP contribution in [0.4, 0.5) is 0 Å². The molecule has 90 valence electrons. The van der Waals surface area contributed by atoms with E-state index in [1.54, 1.807) is 0 Å². The van der Waals surface area contributed by atoms with Crippen molar-refractivity contribution in [2.75, 3.05) is 19.6 Å². The smallest absolute Gasteiger partial charge is 0.00793 e. The highest BCUT2D eigenvalue weighted by Gasteiger charge is 2.23. The van der Waals surface area contributed by atoms with Gasteiger partial charge in [0.2, 0.25) is 0 Å². The van der Waals surface area contributed by atoms with Gasteiger partial charge in [-0.2, -0.15) is 0 Å². The van der Waals surface area contributed by atoms with Crippen molar-refractivity contribution >= 4 is 0 Å². The van der Waals surface area contributed by atoms with Crippen LogP contribution in [-0.2, 0) is 0 Å². The number of nitrogens with zero attached hydrogens (tertiary/aromatic N) is 1. The van der Waals surface area contributed by atoms with Crippen molar-refractivity contribution in [2.24, 2.45) is 17.6 Å². The SMILES string of the molecule is CCN(CC(C)C)CC1CCCCC1N. The molecular formula is C13H28N2. The van der Waals surface area contributed by atoms with E-state index in [0.29, 0.717) is 6.04 Å². The molecule has 0 aromatic carbocycles. The molecule has 0 aromatic heterocycles. The molecule has 0 aliphatic heterocycles. The molecule has 1 fully saturated rings. The highest BCUT2D eigenvalue weighted by Crippen LogP contribution is 2.23. The van der Waals surface area contributed by atoms with E-state index in [-0.39, 0.29) is 0 Å². The Hall–Kier alpha value is -0.0800. The van der Waals surface area contributed by atoms with Crippen molar-refractivity contribution in [3.8, 4) is 0 Å². The second-order valence-corrected chi connectivity index (χ2v) is 5.45. The highest BCUT2D eigenvalue weighted by atomic mass is 15.1. The van der Waals surface area contributed by atoms with Crippen LogP contribution in [0.1, 0.15) is 46.5 Å². The molecule has 1 aliphatic rings. The first-order valence-corrected chi connectivity index (χ1v) is 6.61. The summed E-state index contributed by atoms with van der Waals surface area (Å²) in [4.78, 5) is 2.57. The summed E-state index contributed by atoms with van der Waals surface area (Å²) in [6.45, 7) is 10.5. The molecule has 0 spiro atoms. The third-order valence-electron chi connectivity index (χ3n) is 3.53. The average Bonchev–Trinajstić information content (AvgIpc) is 2.19. The fourth-order valence-corrected chi connectivity index (χ4v) is 2.64. The van der Waals surface area contributed by atoms with Gasteiger partial charge in [-0.15, -0.1) is 0 Å². The third-order valence-corrected chi connectivity index (χ3v) is 3.53. The Morgan fingerprint density at radius 1 is 1.27 bits per heavy atom. The van der Waals surface area contributed by atoms with Crippen molar-refractivity contribution in [2.45, 2.75) is 52.5 Å². The van der Waals surface area contributed by atoms with E-state index in [0.717, 1.165) is 11.8 Å². The lowest BCUT2D eigenvalue weighted by molar-refractivity contribution is 0.176. The summed E-state index contributed by atoms with van der Waals surface area (Å²) in [7, 11) is 0. The second kappa shape index (κ2) is 6.49. The van der Waals surface area contributed by atoms with Crippen molar-refractivity contribution in [3.63, 3.8) is 0 Å². The molecule has 15 heavy (non-hydrogen) atoms. The predicted octanol–water partition coefficient (Wildman–Crippen LogP) is 2.48. The Labute approximate surface area is 95.2 Å². The van der Waals surface area contributed by atoms with Gasteiger partial charge in [0, 0.05) is 19.1 Å². The molecule has 1 rings (SSSR count). The Morgan fingerprint density at radius 2 is 1.93 bits per heavy atom. The minimum absolute atomic E-state index is 0.458. The summed E-state index contributed by atoms with van der Waals surface area (Å²) in [5, 5.41) is 0. The van der Waals surface area contributed by atoms with Gasteiger partial charge in [0.15, 0.2) is 0 Å². The third kappa shape index (κ3) is 4.52. The molecule has 2 heteroatoms. The van der Waals surface area contributed by atoms with Crippen LogP contribution in [0.25, 0.3) is 0 Å². The maximum Gasteiger partial charge on any atom is 0.00793 e. The van der Waals surface area contributed by atoms with Crippen LogP contribution in [0, 0.1) is 11.8 Å². The summed E-state index contributed by atoms with van der Waals surface area (Å²) in [5.41, 5.74) is 6.19. The Morgan fingerprint density at radius 3 is 2.47 bits per heavy atom. The Balaban J connectivity index is 2.35. The summed E-state index contributed by atoms with van der Waals surface area (Å²) < 4.78 is 0. The van der Waals surface area contributed by atoms with Gasteiger partial charge in [-0.25, -0.2) is 0 Å². The molecule has 2 unspecified atom stereocenters. The monoisotopic (exact) mass is 212 g/mol. The van der Waals surface area contributed by atoms with Crippen LogP contribution in [0.2, 0.25) is 0 Å². The van der Waals surface area contributed by atoms with Crippen LogP contribution in [0.15, 0.2) is 0 Å². The molecule has 0 aromatic rings. The normalized spacial score (nSPS) is 27.6. The van der Waals surface area contributed by atoms with Crippen LogP contribution >= 0.6 is 0 Å². The largest absolute Gasteiger partial charge is 0.327 e. The maximum absolute atomic E-state index is 6.19. The first kappa shape index (κ1) is 13.0. The summed E-state index contributed by atoms with van der Waals surface area (Å²) >= 11 is 0. The fourth-order valence-electron chi connectivity index (χ4n) is 2.64. The molecule has 2 atom stereocenters. The van der Waals surface area contributed by atoms with E-state index in [1.165, 1.54) is 45.3 Å². The first-order valence-electron chi connectivity index (χ1n) is 6.61. The van der Waals surface area contributed by atoms with E-state index in [2.05, 4.69) is 25.7 Å². The van der Waals surface area contributed by atoms with E-state index in [9.17, 15) is 0 Å². The molecule has 2 nitrogen and oxygen atoms in total. The van der Waals surface area contributed by atoms with Crippen LogP contribution < -0.4 is 5.73 Å². The van der Waals surface area contributed by atoms with Gasteiger partial charge in [0.25, 0.3) is 0 Å². The maximum atomic E-state index is 6.19. The average molecular weight is 212 g/mol. The number of hydrogen-bond acceptors (Lipinski definition) is 2. The lowest BCUT2D eigenvalue weighted by Crippen LogP contribution is -2.42. The second-order valence-electron chi connectivity index (χ2n) is 5.45. The van der Waals surface area contributed by atoms with Gasteiger partial charge in [-0.3, -0.25) is 0 Å². The lowest BCUT2D eigenvalue weighted by Gasteiger charge is -2.33. The number of nitrogens with two attached hydrogens (primary N) is 1. The van der Waals surface area contributed by atoms with Gasteiger partial charge in [0.05, 0.1) is 0 Å². The summed E-state index contributed by atoms with van der Waals surface area (Å²) in [6.07, 6.45) is 5.31. The van der Waals surface area contributed by atoms with Gasteiger partial charge in [-0.05, 0) is 31.2 Å². The summed E-state index contributed by atoms with van der Waals surface area (Å²) in [6, 6.07) is 0.458. The molecule has 0 heterocycles. The van der Waals surface area contributed by atoms with Crippen molar-refractivity contribution in [1.82, 2.24) is 4.90 Å². The zero-order valence-electron chi connectivity index (χ0n) is 10.7. The van der Waals surface area contributed by atoms with Crippen molar-refractivity contribution < 1.29 is 0 Å². The predicted molar refractivity (Wildman–Crippen MR) is 66.9 cm³/mol. The van der Waals surface area contributed by atoms with Crippen LogP contribution in [-0.4, -0.2) is 30.6 Å². The lowest BCUT2D eigenvalue weighted by atomic mass is 9.84. The molecule has 2 N–H and O–H groups in total. The van der Waals surface area contributed by atoms with Crippen LogP contribution in [0.5, 0.6) is 0 Å². The fraction of sp³-hybridized carbons (Fsp3) is 1.00. The number of rotatable bonds is 5. The zero-order valence-corrected chi connectivity index (χ0v) is 10.7. The minimum atomic E-state index is 0.458. The van der Waals surface area contributed by atoms with E-state index in [4.69, 9.17) is 5.73 Å². The van der Waals surface area contributed by atoms with E-state index >= 15 is 0 Å². The van der Waals surface area contributed by atoms with Gasteiger partial charge in [0.1, 0.15) is 0 Å². The molecule has 0 amide bonds. The molecular weight excluding hydrogens is 184 g/mol. The van der Waals surface area contributed by atoms with Gasteiger partial charge in [-0.1, -0.05) is 33.6 Å². The molecule has 0 radical (unpaired) electrons. The standard InChI is InChI=1S/C13H28N2/c1-4-15(9-11(2)3)10-12-7-5-6-8-13(12)14/h11-13H,4-10,14H2,1-3H3. The van der Waals surface area contributed by atoms with E-state index < -0.39 is 0 Å². The molecule has 0 saturated heterocycles. The zero-order chi connectivity index (χ0) is 11.3. The van der Waals surface area contributed by atoms with Crippen molar-refractivity contribution in [1.29, 1.82) is 0 Å². The van der Waals surface area contributed by atoms with Crippen LogP contribution in [0.3, 0.4) is 0 Å². The number of hydrogen-bond donors (Lipinski definition) is 1. The quantitative estimate of drug-likeness (QED) is 0.758. The molecule has 0 bridgehead atoms. The molecule has 1 saturated carbocycles. The molecule has 1 aliphatic carbocycles.